The van der Waals surface area contributed by atoms with E-state index in [1.807, 2.05) is 53.1 Å². The maximum Gasteiger partial charge on any atom is 0.258 e. The van der Waals surface area contributed by atoms with Crippen LogP contribution in [0.1, 0.15) is 11.4 Å². The minimum absolute atomic E-state index is 0.141. The van der Waals surface area contributed by atoms with Crippen LogP contribution in [0.25, 0.3) is 28.0 Å². The van der Waals surface area contributed by atoms with Gasteiger partial charge in [-0.15, -0.1) is 10.2 Å². The van der Waals surface area contributed by atoms with Crippen LogP contribution in [0.5, 0.6) is 0 Å². The molecule has 7 nitrogen and oxygen atoms in total. The Morgan fingerprint density at radius 1 is 1.00 bits per heavy atom. The molecule has 0 saturated heterocycles. The average Bonchev–Trinajstić information content (AvgIpc) is 3.22. The van der Waals surface area contributed by atoms with Crippen molar-refractivity contribution in [1.29, 1.82) is 0 Å². The zero-order valence-electron chi connectivity index (χ0n) is 16.7. The van der Waals surface area contributed by atoms with Gasteiger partial charge in [-0.2, -0.15) is 0 Å². The number of pyridine rings is 1. The third-order valence-electron chi connectivity index (χ3n) is 4.91. The highest BCUT2D eigenvalue weighted by Crippen LogP contribution is 2.30. The molecule has 0 fully saturated rings. The molecule has 1 N–H and O–H groups in total. The number of aryl methyl sites for hydroxylation is 1. The van der Waals surface area contributed by atoms with Gasteiger partial charge in [0.05, 0.1) is 22.3 Å². The van der Waals surface area contributed by atoms with Gasteiger partial charge in [0, 0.05) is 18.0 Å². The molecule has 31 heavy (non-hydrogen) atoms. The first-order valence-corrected chi connectivity index (χ1v) is 10.7. The van der Waals surface area contributed by atoms with Crippen molar-refractivity contribution in [1.82, 2.24) is 29.7 Å². The van der Waals surface area contributed by atoms with E-state index in [-0.39, 0.29) is 5.56 Å². The highest BCUT2D eigenvalue weighted by Gasteiger charge is 2.18. The van der Waals surface area contributed by atoms with Crippen molar-refractivity contribution in [2.45, 2.75) is 17.8 Å². The van der Waals surface area contributed by atoms with Gasteiger partial charge in [0.1, 0.15) is 5.82 Å². The topological polar surface area (TPSA) is 89.4 Å². The molecule has 0 aliphatic heterocycles. The number of benzene rings is 2. The summed E-state index contributed by atoms with van der Waals surface area (Å²) in [6.45, 7) is 2.05. The zero-order chi connectivity index (χ0) is 21.2. The van der Waals surface area contributed by atoms with Crippen molar-refractivity contribution in [3.05, 3.63) is 94.8 Å². The number of nitrogens with zero attached hydrogens (tertiary/aromatic N) is 5. The average molecular weight is 427 g/mol. The quantitative estimate of drug-likeness (QED) is 0.424. The van der Waals surface area contributed by atoms with Gasteiger partial charge in [-0.1, -0.05) is 42.1 Å². The monoisotopic (exact) mass is 426 g/mol. The Bertz CT molecular complexity index is 1430. The van der Waals surface area contributed by atoms with Crippen molar-refractivity contribution < 1.29 is 0 Å². The molecular weight excluding hydrogens is 408 g/mol. The molecule has 8 heteroatoms. The van der Waals surface area contributed by atoms with Crippen LogP contribution in [0, 0.1) is 6.92 Å². The van der Waals surface area contributed by atoms with E-state index in [1.165, 1.54) is 11.8 Å². The molecule has 0 aliphatic rings. The summed E-state index contributed by atoms with van der Waals surface area (Å²) in [5.74, 6) is 1.76. The van der Waals surface area contributed by atoms with Crippen molar-refractivity contribution in [3.63, 3.8) is 0 Å². The fourth-order valence-corrected chi connectivity index (χ4v) is 4.23. The van der Waals surface area contributed by atoms with E-state index >= 15 is 0 Å². The first-order valence-electron chi connectivity index (χ1n) is 9.73. The Kier molecular flexibility index (Phi) is 5.05. The number of aromatic amines is 1. The maximum absolute atomic E-state index is 12.4. The Labute approximate surface area is 182 Å². The summed E-state index contributed by atoms with van der Waals surface area (Å²) in [6, 6.07) is 19.3. The van der Waals surface area contributed by atoms with E-state index < -0.39 is 0 Å². The molecule has 152 valence electrons. The number of hydrogen-bond acceptors (Lipinski definition) is 6. The lowest BCUT2D eigenvalue weighted by atomic mass is 10.2. The van der Waals surface area contributed by atoms with Crippen LogP contribution < -0.4 is 5.56 Å². The molecule has 0 unspecified atom stereocenters. The van der Waals surface area contributed by atoms with Crippen LogP contribution in [0.3, 0.4) is 0 Å². The van der Waals surface area contributed by atoms with Crippen LogP contribution in [0.15, 0.2) is 83.0 Å². The van der Waals surface area contributed by atoms with Gasteiger partial charge in [-0.3, -0.25) is 14.3 Å². The Morgan fingerprint density at radius 3 is 2.68 bits per heavy atom. The van der Waals surface area contributed by atoms with Gasteiger partial charge in [0.25, 0.3) is 5.56 Å². The number of para-hydroxylation sites is 2. The van der Waals surface area contributed by atoms with Crippen LogP contribution in [0.4, 0.5) is 0 Å². The molecule has 0 radical (unpaired) electrons. The second-order valence-corrected chi connectivity index (χ2v) is 7.93. The minimum Gasteiger partial charge on any atom is -0.309 e. The third kappa shape index (κ3) is 3.73. The van der Waals surface area contributed by atoms with Gasteiger partial charge >= 0.3 is 0 Å². The Hall–Kier alpha value is -3.78. The zero-order valence-corrected chi connectivity index (χ0v) is 17.5. The first-order chi connectivity index (χ1) is 15.2. The molecule has 5 aromatic rings. The Morgan fingerprint density at radius 2 is 1.84 bits per heavy atom. The highest BCUT2D eigenvalue weighted by molar-refractivity contribution is 7.98. The van der Waals surface area contributed by atoms with Gasteiger partial charge in [-0.25, -0.2) is 4.98 Å². The lowest BCUT2D eigenvalue weighted by molar-refractivity contribution is 0.877. The van der Waals surface area contributed by atoms with Gasteiger partial charge < -0.3 is 4.98 Å². The second-order valence-electron chi connectivity index (χ2n) is 6.99. The maximum atomic E-state index is 12.4. The number of H-pyrrole nitrogens is 1. The lowest BCUT2D eigenvalue weighted by Gasteiger charge is -2.12. The van der Waals surface area contributed by atoms with Gasteiger partial charge in [-0.05, 0) is 42.8 Å². The fourth-order valence-electron chi connectivity index (χ4n) is 3.41. The standard InChI is InChI=1S/C23H18N6OS/c1-15-7-2-5-11-19(15)29-21(16-8-6-12-24-13-16)27-28-23(29)31-14-20-25-18-10-4-3-9-17(18)22(30)26-20/h2-13H,14H2,1H3,(H,25,26,30). The van der Waals surface area contributed by atoms with E-state index in [1.54, 1.807) is 18.5 Å². The number of hydrogen-bond donors (Lipinski definition) is 1. The van der Waals surface area contributed by atoms with Crippen molar-refractivity contribution in [3.8, 4) is 17.1 Å². The number of rotatable bonds is 5. The molecule has 0 aliphatic carbocycles. The van der Waals surface area contributed by atoms with Crippen LogP contribution in [-0.2, 0) is 5.75 Å². The summed E-state index contributed by atoms with van der Waals surface area (Å²) in [7, 11) is 0. The summed E-state index contributed by atoms with van der Waals surface area (Å²) in [5, 5.41) is 10.2. The van der Waals surface area contributed by atoms with E-state index in [4.69, 9.17) is 0 Å². The van der Waals surface area contributed by atoms with Crippen molar-refractivity contribution >= 4 is 22.7 Å². The van der Waals surface area contributed by atoms with Crippen LogP contribution in [0.2, 0.25) is 0 Å². The van der Waals surface area contributed by atoms with Gasteiger partial charge in [0.2, 0.25) is 0 Å². The van der Waals surface area contributed by atoms with Crippen molar-refractivity contribution in [2.24, 2.45) is 0 Å². The minimum atomic E-state index is -0.141. The Balaban J connectivity index is 1.55. The summed E-state index contributed by atoms with van der Waals surface area (Å²) in [5.41, 5.74) is 3.51. The van der Waals surface area contributed by atoms with E-state index in [0.29, 0.717) is 33.5 Å². The van der Waals surface area contributed by atoms with Crippen molar-refractivity contribution in [2.75, 3.05) is 0 Å². The molecule has 0 bridgehead atoms. The summed E-state index contributed by atoms with van der Waals surface area (Å²) in [4.78, 5) is 24.1. The molecule has 5 rings (SSSR count). The molecule has 0 amide bonds. The van der Waals surface area contributed by atoms with Gasteiger partial charge in [0.15, 0.2) is 11.0 Å². The van der Waals surface area contributed by atoms with Crippen LogP contribution >= 0.6 is 11.8 Å². The molecule has 0 spiro atoms. The van der Waals surface area contributed by atoms with E-state index in [2.05, 4.69) is 38.1 Å². The van der Waals surface area contributed by atoms with E-state index in [9.17, 15) is 4.79 Å². The third-order valence-corrected chi connectivity index (χ3v) is 5.85. The highest BCUT2D eigenvalue weighted by atomic mass is 32.2. The summed E-state index contributed by atoms with van der Waals surface area (Å²) >= 11 is 1.47. The predicted molar refractivity (Wildman–Crippen MR) is 121 cm³/mol. The number of thioether (sulfide) groups is 1. The second kappa shape index (κ2) is 8.16. The fraction of sp³-hybridized carbons (Fsp3) is 0.0870. The number of nitrogens with one attached hydrogen (secondary N) is 1. The predicted octanol–water partition coefficient (Wildman–Crippen LogP) is 4.17. The smallest absolute Gasteiger partial charge is 0.258 e. The largest absolute Gasteiger partial charge is 0.309 e. The first kappa shape index (κ1) is 19.2. The molecular formula is C23H18N6OS. The normalized spacial score (nSPS) is 11.1. The SMILES string of the molecule is Cc1ccccc1-n1c(SCc2nc3ccccc3c(=O)[nH]2)nnc1-c1cccnc1. The lowest BCUT2D eigenvalue weighted by Crippen LogP contribution is -2.11. The molecule has 0 saturated carbocycles. The number of aromatic nitrogens is 6. The summed E-state index contributed by atoms with van der Waals surface area (Å²) < 4.78 is 2.02. The van der Waals surface area contributed by atoms with E-state index in [0.717, 1.165) is 16.8 Å². The molecule has 0 atom stereocenters. The molecule has 3 heterocycles. The van der Waals surface area contributed by atoms with Crippen LogP contribution in [-0.4, -0.2) is 29.7 Å². The number of fused-ring (bicyclic) bond motifs is 1. The molecule has 3 aromatic heterocycles. The summed E-state index contributed by atoms with van der Waals surface area (Å²) in [6.07, 6.45) is 3.50. The molecule has 2 aromatic carbocycles.